The smallest absolute Gasteiger partial charge is 0.356 e. The van der Waals surface area contributed by atoms with Gasteiger partial charge in [-0.25, -0.2) is 4.79 Å². The molecule has 1 amide bonds. The quantitative estimate of drug-likeness (QED) is 0.780. The summed E-state index contributed by atoms with van der Waals surface area (Å²) < 4.78 is 12.1. The number of hydrogen-bond acceptors (Lipinski definition) is 5. The van der Waals surface area contributed by atoms with Crippen molar-refractivity contribution in [3.63, 3.8) is 0 Å². The van der Waals surface area contributed by atoms with Crippen LogP contribution in [0.15, 0.2) is 24.3 Å². The molecule has 1 aliphatic heterocycles. The van der Waals surface area contributed by atoms with E-state index in [2.05, 4.69) is 5.10 Å². The molecule has 28 heavy (non-hydrogen) atoms. The molecule has 1 aliphatic rings. The normalized spacial score (nSPS) is 14.5. The van der Waals surface area contributed by atoms with Crippen LogP contribution in [0.2, 0.25) is 0 Å². The molecule has 150 valence electrons. The number of hydrogen-bond donors (Lipinski definition) is 1. The van der Waals surface area contributed by atoms with Crippen molar-refractivity contribution in [2.45, 2.75) is 39.0 Å². The highest BCUT2D eigenvalue weighted by Crippen LogP contribution is 2.25. The van der Waals surface area contributed by atoms with Crippen molar-refractivity contribution in [2.24, 2.45) is 0 Å². The predicted molar refractivity (Wildman–Crippen MR) is 101 cm³/mol. The molecule has 0 aliphatic carbocycles. The molecule has 0 saturated heterocycles. The first kappa shape index (κ1) is 19.9. The third kappa shape index (κ3) is 3.87. The Labute approximate surface area is 163 Å². The van der Waals surface area contributed by atoms with Crippen LogP contribution in [0.5, 0.6) is 5.75 Å². The molecule has 0 bridgehead atoms. The van der Waals surface area contributed by atoms with Crippen molar-refractivity contribution in [2.75, 3.05) is 20.8 Å². The summed E-state index contributed by atoms with van der Waals surface area (Å²) >= 11 is 0. The van der Waals surface area contributed by atoms with Gasteiger partial charge in [0, 0.05) is 37.9 Å². The highest BCUT2D eigenvalue weighted by atomic mass is 16.5. The molecular formula is C20H25N3O5. The summed E-state index contributed by atoms with van der Waals surface area (Å²) in [6.07, 6.45) is 0.614. The maximum Gasteiger partial charge on any atom is 0.356 e. The monoisotopic (exact) mass is 387 g/mol. The highest BCUT2D eigenvalue weighted by Gasteiger charge is 2.32. The standard InChI is InChI=1S/C20H25N3O5/c1-4-17(28-3)19(24)22-10-9-16-15(12-22)18(20(25)26)21-23(16)11-13-5-7-14(27-2)8-6-13/h5-8,17H,4,9-12H2,1-3H3,(H,25,26)/t17-/m1/s1. The number of amides is 1. The summed E-state index contributed by atoms with van der Waals surface area (Å²) in [5.41, 5.74) is 2.47. The van der Waals surface area contributed by atoms with E-state index in [9.17, 15) is 14.7 Å². The molecule has 2 aromatic rings. The molecule has 0 unspecified atom stereocenters. The molecule has 8 nitrogen and oxygen atoms in total. The Bertz CT molecular complexity index is 855. The molecule has 8 heteroatoms. The Morgan fingerprint density at radius 1 is 1.25 bits per heavy atom. The van der Waals surface area contributed by atoms with Crippen LogP contribution in [0.25, 0.3) is 0 Å². The summed E-state index contributed by atoms with van der Waals surface area (Å²) in [7, 11) is 3.12. The topological polar surface area (TPSA) is 93.9 Å². The van der Waals surface area contributed by atoms with E-state index in [0.717, 1.165) is 17.0 Å². The zero-order valence-corrected chi connectivity index (χ0v) is 16.3. The Balaban J connectivity index is 1.87. The van der Waals surface area contributed by atoms with Crippen LogP contribution < -0.4 is 4.74 Å². The summed E-state index contributed by atoms with van der Waals surface area (Å²) in [6.45, 7) is 3.09. The van der Waals surface area contributed by atoms with Crippen LogP contribution >= 0.6 is 0 Å². The van der Waals surface area contributed by atoms with E-state index in [4.69, 9.17) is 9.47 Å². The van der Waals surface area contributed by atoms with Crippen molar-refractivity contribution in [3.05, 3.63) is 46.8 Å². The van der Waals surface area contributed by atoms with Crippen molar-refractivity contribution in [1.29, 1.82) is 0 Å². The van der Waals surface area contributed by atoms with Gasteiger partial charge in [0.1, 0.15) is 11.9 Å². The van der Waals surface area contributed by atoms with Gasteiger partial charge in [-0.05, 0) is 24.1 Å². The number of aromatic nitrogens is 2. The van der Waals surface area contributed by atoms with Gasteiger partial charge in [-0.3, -0.25) is 9.48 Å². The highest BCUT2D eigenvalue weighted by molar-refractivity contribution is 5.88. The fourth-order valence-corrected chi connectivity index (χ4v) is 3.53. The molecular weight excluding hydrogens is 362 g/mol. The van der Waals surface area contributed by atoms with Gasteiger partial charge in [-0.15, -0.1) is 0 Å². The lowest BCUT2D eigenvalue weighted by Crippen LogP contribution is -2.43. The summed E-state index contributed by atoms with van der Waals surface area (Å²) in [4.78, 5) is 26.0. The largest absolute Gasteiger partial charge is 0.497 e. The van der Waals surface area contributed by atoms with Gasteiger partial charge >= 0.3 is 5.97 Å². The molecule has 1 atom stereocenters. The van der Waals surface area contributed by atoms with Gasteiger partial charge < -0.3 is 19.5 Å². The number of ether oxygens (including phenoxy) is 2. The second-order valence-electron chi connectivity index (χ2n) is 6.73. The van der Waals surface area contributed by atoms with E-state index in [1.807, 2.05) is 31.2 Å². The van der Waals surface area contributed by atoms with Gasteiger partial charge in [-0.1, -0.05) is 19.1 Å². The summed E-state index contributed by atoms with van der Waals surface area (Å²) in [5.74, 6) is -0.442. The predicted octanol–water partition coefficient (Wildman–Crippen LogP) is 1.95. The summed E-state index contributed by atoms with van der Waals surface area (Å²) in [6, 6.07) is 7.58. The number of carboxylic acids is 1. The second-order valence-corrected chi connectivity index (χ2v) is 6.73. The van der Waals surface area contributed by atoms with Crippen LogP contribution in [0.3, 0.4) is 0 Å². The average molecular weight is 387 g/mol. The van der Waals surface area contributed by atoms with Crippen LogP contribution in [0, 0.1) is 0 Å². The first-order valence-electron chi connectivity index (χ1n) is 9.24. The van der Waals surface area contributed by atoms with Gasteiger partial charge in [0.25, 0.3) is 5.91 Å². The lowest BCUT2D eigenvalue weighted by atomic mass is 10.0. The van der Waals surface area contributed by atoms with E-state index < -0.39 is 12.1 Å². The number of fused-ring (bicyclic) bond motifs is 1. The Morgan fingerprint density at radius 3 is 2.54 bits per heavy atom. The van der Waals surface area contributed by atoms with Crippen LogP contribution in [0.1, 0.15) is 40.7 Å². The van der Waals surface area contributed by atoms with E-state index >= 15 is 0 Å². The fraction of sp³-hybridized carbons (Fsp3) is 0.450. The van der Waals surface area contributed by atoms with Gasteiger partial charge in [-0.2, -0.15) is 5.10 Å². The van der Waals surface area contributed by atoms with Crippen molar-refractivity contribution in [3.8, 4) is 5.75 Å². The van der Waals surface area contributed by atoms with E-state index in [0.29, 0.717) is 31.5 Å². The van der Waals surface area contributed by atoms with Gasteiger partial charge in [0.2, 0.25) is 0 Å². The van der Waals surface area contributed by atoms with Crippen LogP contribution in [-0.2, 0) is 29.0 Å². The van der Waals surface area contributed by atoms with Crippen LogP contribution in [0.4, 0.5) is 0 Å². The number of methoxy groups -OCH3 is 2. The third-order valence-corrected chi connectivity index (χ3v) is 5.07. The second kappa shape index (κ2) is 8.43. The molecule has 1 N–H and O–H groups in total. The Hall–Kier alpha value is -2.87. The van der Waals surface area contributed by atoms with E-state index in [-0.39, 0.29) is 18.1 Å². The molecule has 0 saturated carbocycles. The summed E-state index contributed by atoms with van der Waals surface area (Å²) in [5, 5.41) is 13.9. The molecule has 3 rings (SSSR count). The van der Waals surface area contributed by atoms with E-state index in [1.54, 1.807) is 16.7 Å². The number of nitrogens with zero attached hydrogens (tertiary/aromatic N) is 3. The minimum atomic E-state index is -1.09. The number of carbonyl (C=O) groups excluding carboxylic acids is 1. The number of aromatic carboxylic acids is 1. The zero-order chi connectivity index (χ0) is 20.3. The van der Waals surface area contributed by atoms with Crippen molar-refractivity contribution in [1.82, 2.24) is 14.7 Å². The van der Waals surface area contributed by atoms with Gasteiger partial charge in [0.15, 0.2) is 5.69 Å². The number of benzene rings is 1. The maximum absolute atomic E-state index is 12.6. The minimum Gasteiger partial charge on any atom is -0.497 e. The molecule has 0 fully saturated rings. The molecule has 1 aromatic heterocycles. The molecule has 1 aromatic carbocycles. The Kier molecular flexibility index (Phi) is 5.99. The minimum absolute atomic E-state index is 0.00600. The average Bonchev–Trinajstić information content (AvgIpc) is 3.07. The van der Waals surface area contributed by atoms with E-state index in [1.165, 1.54) is 7.11 Å². The Morgan fingerprint density at radius 2 is 1.96 bits per heavy atom. The maximum atomic E-state index is 12.6. The zero-order valence-electron chi connectivity index (χ0n) is 16.3. The lowest BCUT2D eigenvalue weighted by molar-refractivity contribution is -0.143. The number of rotatable bonds is 7. The fourth-order valence-electron chi connectivity index (χ4n) is 3.53. The lowest BCUT2D eigenvalue weighted by Gasteiger charge is -2.30. The molecule has 2 heterocycles. The van der Waals surface area contributed by atoms with Crippen molar-refractivity contribution < 1.29 is 24.2 Å². The molecule has 0 spiro atoms. The van der Waals surface area contributed by atoms with Crippen LogP contribution in [-0.4, -0.2) is 58.5 Å². The first-order valence-corrected chi connectivity index (χ1v) is 9.24. The number of carbonyl (C=O) groups is 2. The SMILES string of the molecule is CC[C@@H](OC)C(=O)N1CCc2c(c(C(=O)O)nn2Cc2ccc(OC)cc2)C1. The third-order valence-electron chi connectivity index (χ3n) is 5.07. The first-order chi connectivity index (χ1) is 13.5. The molecule has 0 radical (unpaired) electrons. The number of carboxylic acid groups (broad SMARTS) is 1. The van der Waals surface area contributed by atoms with Gasteiger partial charge in [0.05, 0.1) is 13.7 Å². The van der Waals surface area contributed by atoms with Crippen molar-refractivity contribution >= 4 is 11.9 Å².